The maximum atomic E-state index is 12.0. The van der Waals surface area contributed by atoms with Crippen LogP contribution in [0.3, 0.4) is 0 Å². The van der Waals surface area contributed by atoms with Gasteiger partial charge in [0.15, 0.2) is 6.61 Å². The van der Waals surface area contributed by atoms with Gasteiger partial charge in [-0.1, -0.05) is 56.3 Å². The number of nitrogens with one attached hydrogen (secondary N) is 1. The fourth-order valence-electron chi connectivity index (χ4n) is 2.89. The lowest BCUT2D eigenvalue weighted by Crippen LogP contribution is -2.24. The summed E-state index contributed by atoms with van der Waals surface area (Å²) >= 11 is 0. The zero-order valence-corrected chi connectivity index (χ0v) is 16.3. The third kappa shape index (κ3) is 4.68. The van der Waals surface area contributed by atoms with E-state index in [0.29, 0.717) is 17.4 Å². The first-order valence-corrected chi connectivity index (χ1v) is 9.19. The number of nitrogens with zero attached hydrogens (tertiary/aromatic N) is 1. The molecule has 5 heteroatoms. The standard InChI is InChI=1S/C23H24N2O3/c1-16(2)17-8-11-19(12-9-17)28-15-23(26)25-24-14-21-20-7-5-4-6-18(20)10-13-22(21)27-3/h4-14,16H,15H2,1-3H3,(H,25,26)/b24-14+. The predicted molar refractivity (Wildman–Crippen MR) is 112 cm³/mol. The SMILES string of the molecule is COc1ccc2ccccc2c1/C=N/NC(=O)COc1ccc(C(C)C)cc1. The summed E-state index contributed by atoms with van der Waals surface area (Å²) < 4.78 is 10.9. The van der Waals surface area contributed by atoms with Gasteiger partial charge in [-0.3, -0.25) is 4.79 Å². The molecule has 0 unspecified atom stereocenters. The second kappa shape index (κ2) is 9.04. The van der Waals surface area contributed by atoms with Gasteiger partial charge in [0.1, 0.15) is 11.5 Å². The second-order valence-electron chi connectivity index (χ2n) is 6.71. The van der Waals surface area contributed by atoms with Crippen LogP contribution in [0.15, 0.2) is 65.8 Å². The number of rotatable bonds is 7. The van der Waals surface area contributed by atoms with Crippen LogP contribution in [-0.2, 0) is 4.79 Å². The van der Waals surface area contributed by atoms with E-state index in [2.05, 4.69) is 24.4 Å². The van der Waals surface area contributed by atoms with E-state index in [4.69, 9.17) is 9.47 Å². The molecule has 1 N–H and O–H groups in total. The zero-order valence-electron chi connectivity index (χ0n) is 16.3. The van der Waals surface area contributed by atoms with Crippen molar-refractivity contribution < 1.29 is 14.3 Å². The largest absolute Gasteiger partial charge is 0.496 e. The zero-order chi connectivity index (χ0) is 19.9. The predicted octanol–water partition coefficient (Wildman–Crippen LogP) is 4.50. The molecule has 0 aromatic heterocycles. The average Bonchev–Trinajstić information content (AvgIpc) is 2.72. The maximum absolute atomic E-state index is 12.0. The maximum Gasteiger partial charge on any atom is 0.277 e. The van der Waals surface area contributed by atoms with E-state index in [-0.39, 0.29) is 12.5 Å². The van der Waals surface area contributed by atoms with Crippen LogP contribution < -0.4 is 14.9 Å². The third-order valence-corrected chi connectivity index (χ3v) is 4.45. The summed E-state index contributed by atoms with van der Waals surface area (Å²) in [6, 6.07) is 19.6. The molecule has 0 aliphatic carbocycles. The van der Waals surface area contributed by atoms with Crippen molar-refractivity contribution in [2.75, 3.05) is 13.7 Å². The molecule has 0 radical (unpaired) electrons. The molecule has 144 valence electrons. The van der Waals surface area contributed by atoms with E-state index in [9.17, 15) is 4.79 Å². The molecule has 0 bridgehead atoms. The molecule has 3 rings (SSSR count). The topological polar surface area (TPSA) is 59.9 Å². The number of benzene rings is 3. The summed E-state index contributed by atoms with van der Waals surface area (Å²) in [5.74, 6) is 1.47. The van der Waals surface area contributed by atoms with E-state index >= 15 is 0 Å². The summed E-state index contributed by atoms with van der Waals surface area (Å²) in [5.41, 5.74) is 4.54. The van der Waals surface area contributed by atoms with E-state index < -0.39 is 0 Å². The van der Waals surface area contributed by atoms with Crippen LogP contribution in [0.2, 0.25) is 0 Å². The average molecular weight is 376 g/mol. The molecule has 5 nitrogen and oxygen atoms in total. The Balaban J connectivity index is 1.61. The highest BCUT2D eigenvalue weighted by molar-refractivity contribution is 6.02. The van der Waals surface area contributed by atoms with Crippen LogP contribution in [0, 0.1) is 0 Å². The van der Waals surface area contributed by atoms with Gasteiger partial charge in [0.25, 0.3) is 5.91 Å². The van der Waals surface area contributed by atoms with Gasteiger partial charge in [0.05, 0.1) is 13.3 Å². The summed E-state index contributed by atoms with van der Waals surface area (Å²) in [5, 5.41) is 6.14. The van der Waals surface area contributed by atoms with Crippen molar-refractivity contribution in [2.45, 2.75) is 19.8 Å². The van der Waals surface area contributed by atoms with Crippen molar-refractivity contribution in [3.8, 4) is 11.5 Å². The van der Waals surface area contributed by atoms with Crippen molar-refractivity contribution in [1.29, 1.82) is 0 Å². The van der Waals surface area contributed by atoms with Crippen molar-refractivity contribution >= 4 is 22.9 Å². The normalized spacial score (nSPS) is 11.1. The Kier molecular flexibility index (Phi) is 6.27. The Morgan fingerprint density at radius 3 is 2.54 bits per heavy atom. The Bertz CT molecular complexity index is 979. The third-order valence-electron chi connectivity index (χ3n) is 4.45. The molecule has 0 spiro atoms. The van der Waals surface area contributed by atoms with Gasteiger partial charge in [0, 0.05) is 5.56 Å². The number of carbonyl (C=O) groups excluding carboxylic acids is 1. The number of ether oxygens (including phenoxy) is 2. The fourth-order valence-corrected chi connectivity index (χ4v) is 2.89. The number of amides is 1. The number of fused-ring (bicyclic) bond motifs is 1. The van der Waals surface area contributed by atoms with E-state index in [0.717, 1.165) is 16.3 Å². The minimum atomic E-state index is -0.330. The molecule has 3 aromatic carbocycles. The van der Waals surface area contributed by atoms with Gasteiger partial charge in [-0.2, -0.15) is 5.10 Å². The van der Waals surface area contributed by atoms with Crippen LogP contribution >= 0.6 is 0 Å². The lowest BCUT2D eigenvalue weighted by Gasteiger charge is -2.09. The van der Waals surface area contributed by atoms with E-state index in [1.165, 1.54) is 5.56 Å². The van der Waals surface area contributed by atoms with Crippen LogP contribution in [0.5, 0.6) is 11.5 Å². The Morgan fingerprint density at radius 2 is 1.82 bits per heavy atom. The molecular weight excluding hydrogens is 352 g/mol. The van der Waals surface area contributed by atoms with Gasteiger partial charge < -0.3 is 9.47 Å². The molecule has 0 saturated carbocycles. The molecule has 0 saturated heterocycles. The van der Waals surface area contributed by atoms with Crippen LogP contribution in [0.1, 0.15) is 30.9 Å². The fraction of sp³-hybridized carbons (Fsp3) is 0.217. The summed E-state index contributed by atoms with van der Waals surface area (Å²) in [7, 11) is 1.61. The van der Waals surface area contributed by atoms with Crippen LogP contribution in [0.25, 0.3) is 10.8 Å². The lowest BCUT2D eigenvalue weighted by atomic mass is 10.0. The molecule has 28 heavy (non-hydrogen) atoms. The minimum absolute atomic E-state index is 0.106. The molecule has 1 amide bonds. The molecule has 0 aliphatic heterocycles. The van der Waals surface area contributed by atoms with Crippen molar-refractivity contribution in [3.63, 3.8) is 0 Å². The van der Waals surface area contributed by atoms with Crippen molar-refractivity contribution in [2.24, 2.45) is 5.10 Å². The van der Waals surface area contributed by atoms with Gasteiger partial charge in [-0.15, -0.1) is 0 Å². The van der Waals surface area contributed by atoms with E-state index in [1.54, 1.807) is 13.3 Å². The first kappa shape index (κ1) is 19.4. The first-order valence-electron chi connectivity index (χ1n) is 9.19. The van der Waals surface area contributed by atoms with Crippen molar-refractivity contribution in [1.82, 2.24) is 5.43 Å². The monoisotopic (exact) mass is 376 g/mol. The molecule has 0 fully saturated rings. The number of methoxy groups -OCH3 is 1. The molecule has 0 heterocycles. The smallest absolute Gasteiger partial charge is 0.277 e. The van der Waals surface area contributed by atoms with Gasteiger partial charge >= 0.3 is 0 Å². The first-order chi connectivity index (χ1) is 13.6. The molecule has 3 aromatic rings. The Morgan fingerprint density at radius 1 is 1.07 bits per heavy atom. The minimum Gasteiger partial charge on any atom is -0.496 e. The number of hydrazone groups is 1. The highest BCUT2D eigenvalue weighted by Gasteiger charge is 2.07. The van der Waals surface area contributed by atoms with Crippen LogP contribution in [0.4, 0.5) is 0 Å². The quantitative estimate of drug-likeness (QED) is 0.488. The highest BCUT2D eigenvalue weighted by atomic mass is 16.5. The van der Waals surface area contributed by atoms with E-state index in [1.807, 2.05) is 60.7 Å². The number of hydrogen-bond donors (Lipinski definition) is 1. The molecule has 0 atom stereocenters. The highest BCUT2D eigenvalue weighted by Crippen LogP contribution is 2.26. The Labute approximate surface area is 165 Å². The van der Waals surface area contributed by atoms with Gasteiger partial charge in [0.2, 0.25) is 0 Å². The number of hydrogen-bond acceptors (Lipinski definition) is 4. The summed E-state index contributed by atoms with van der Waals surface area (Å²) in [6.45, 7) is 4.16. The van der Waals surface area contributed by atoms with Crippen molar-refractivity contribution in [3.05, 3.63) is 71.8 Å². The Hall–Kier alpha value is -3.34. The molecule has 0 aliphatic rings. The second-order valence-corrected chi connectivity index (χ2v) is 6.71. The number of carbonyl (C=O) groups is 1. The van der Waals surface area contributed by atoms with Gasteiger partial charge in [-0.05, 0) is 40.5 Å². The lowest BCUT2D eigenvalue weighted by molar-refractivity contribution is -0.123. The van der Waals surface area contributed by atoms with Crippen LogP contribution in [-0.4, -0.2) is 25.8 Å². The molecular formula is C23H24N2O3. The van der Waals surface area contributed by atoms with Gasteiger partial charge in [-0.25, -0.2) is 5.43 Å². The summed E-state index contributed by atoms with van der Waals surface area (Å²) in [6.07, 6.45) is 1.59. The summed E-state index contributed by atoms with van der Waals surface area (Å²) in [4.78, 5) is 12.0.